The fraction of sp³-hybridized carbons (Fsp3) is 0.552. The molecule has 2 aromatic carbocycles. The minimum atomic E-state index is -0.983. The van der Waals surface area contributed by atoms with Crippen molar-refractivity contribution >= 4 is 29.1 Å². The third kappa shape index (κ3) is 3.55. The number of rotatable bonds is 5. The molecule has 198 valence electrons. The molecule has 2 aromatic rings. The Hall–Kier alpha value is -1.99. The normalized spacial score (nSPS) is 31.7. The highest BCUT2D eigenvalue weighted by molar-refractivity contribution is 6.42. The van der Waals surface area contributed by atoms with E-state index < -0.39 is 17.1 Å². The predicted molar refractivity (Wildman–Crippen MR) is 144 cm³/mol. The summed E-state index contributed by atoms with van der Waals surface area (Å²) in [6, 6.07) is 8.76. The smallest absolute Gasteiger partial charge is 0.227 e. The molecule has 2 fully saturated rings. The Labute approximate surface area is 228 Å². The molecule has 8 heteroatoms. The van der Waals surface area contributed by atoms with Gasteiger partial charge in [0.2, 0.25) is 5.91 Å². The summed E-state index contributed by atoms with van der Waals surface area (Å²) in [5.41, 5.74) is 1.27. The topological polar surface area (TPSA) is 73.2 Å². The number of halogens is 2. The van der Waals surface area contributed by atoms with E-state index in [1.807, 2.05) is 17.0 Å². The summed E-state index contributed by atoms with van der Waals surface area (Å²) in [4.78, 5) is 18.2. The molecule has 0 aromatic heterocycles. The molecule has 1 saturated heterocycles. The van der Waals surface area contributed by atoms with Crippen molar-refractivity contribution in [3.8, 4) is 11.5 Å². The molecular formula is C29H34Cl2N2O4. The van der Waals surface area contributed by atoms with Gasteiger partial charge in [0.15, 0.2) is 11.5 Å². The zero-order chi connectivity index (χ0) is 26.3. The summed E-state index contributed by atoms with van der Waals surface area (Å²) in [5.74, 6) is 0.861. The molecule has 6 rings (SSSR count). The minimum Gasteiger partial charge on any atom is -0.504 e. The number of amides is 1. The van der Waals surface area contributed by atoms with Crippen LogP contribution >= 0.6 is 23.2 Å². The molecule has 2 heterocycles. The van der Waals surface area contributed by atoms with Crippen LogP contribution in [-0.4, -0.2) is 69.8 Å². The molecule has 1 spiro atoms. The Bertz CT molecular complexity index is 1270. The molecule has 4 aliphatic rings. The first-order valence-electron chi connectivity index (χ1n) is 13.2. The largest absolute Gasteiger partial charge is 0.504 e. The number of aliphatic hydroxyl groups is 1. The van der Waals surface area contributed by atoms with Gasteiger partial charge in [-0.15, -0.1) is 0 Å². The summed E-state index contributed by atoms with van der Waals surface area (Å²) in [7, 11) is 2.09. The maximum atomic E-state index is 13.9. The predicted octanol–water partition coefficient (Wildman–Crippen LogP) is 4.58. The quantitative estimate of drug-likeness (QED) is 0.576. The first-order chi connectivity index (χ1) is 17.6. The van der Waals surface area contributed by atoms with E-state index in [4.69, 9.17) is 27.9 Å². The second kappa shape index (κ2) is 8.77. The van der Waals surface area contributed by atoms with Gasteiger partial charge in [-0.05, 0) is 74.5 Å². The van der Waals surface area contributed by atoms with Crippen LogP contribution in [0.3, 0.4) is 0 Å². The number of piperidine rings is 1. The number of hydrogen-bond donors (Lipinski definition) is 2. The van der Waals surface area contributed by atoms with Crippen molar-refractivity contribution in [2.45, 2.75) is 75.2 Å². The Morgan fingerprint density at radius 3 is 2.73 bits per heavy atom. The molecule has 1 saturated carbocycles. The zero-order valence-corrected chi connectivity index (χ0v) is 23.0. The summed E-state index contributed by atoms with van der Waals surface area (Å²) < 4.78 is 6.66. The van der Waals surface area contributed by atoms with Crippen molar-refractivity contribution in [1.82, 2.24) is 9.80 Å². The van der Waals surface area contributed by atoms with Gasteiger partial charge >= 0.3 is 0 Å². The lowest BCUT2D eigenvalue weighted by Crippen LogP contribution is -2.78. The maximum absolute atomic E-state index is 13.9. The van der Waals surface area contributed by atoms with Crippen molar-refractivity contribution in [1.29, 1.82) is 0 Å². The number of ether oxygens (including phenoxy) is 1. The van der Waals surface area contributed by atoms with E-state index in [2.05, 4.69) is 25.8 Å². The number of carbonyl (C=O) groups excluding carboxylic acids is 1. The lowest BCUT2D eigenvalue weighted by atomic mass is 9.48. The van der Waals surface area contributed by atoms with Gasteiger partial charge in [-0.1, -0.05) is 49.2 Å². The van der Waals surface area contributed by atoms with Gasteiger partial charge in [-0.25, -0.2) is 0 Å². The molecule has 0 radical (unpaired) electrons. The molecule has 37 heavy (non-hydrogen) atoms. The fourth-order valence-electron chi connectivity index (χ4n) is 7.79. The van der Waals surface area contributed by atoms with E-state index >= 15 is 0 Å². The van der Waals surface area contributed by atoms with Crippen LogP contribution in [0.5, 0.6) is 11.5 Å². The number of likely N-dealkylation sites (N-methyl/N-ethyl adjacent to an activating group) is 1. The number of carbonyl (C=O) groups is 1. The average molecular weight is 546 g/mol. The average Bonchev–Trinajstić information content (AvgIpc) is 3.20. The molecule has 2 N–H and O–H groups in total. The summed E-state index contributed by atoms with van der Waals surface area (Å²) in [6.45, 7) is 5.63. The third-order valence-corrected chi connectivity index (χ3v) is 10.1. The van der Waals surface area contributed by atoms with Crippen LogP contribution in [0.15, 0.2) is 30.3 Å². The second-order valence-electron chi connectivity index (χ2n) is 11.8. The van der Waals surface area contributed by atoms with Crippen LogP contribution in [0.4, 0.5) is 0 Å². The molecule has 5 atom stereocenters. The molecule has 2 aliphatic carbocycles. The molecule has 2 aliphatic heterocycles. The number of benzene rings is 2. The molecule has 2 unspecified atom stereocenters. The van der Waals surface area contributed by atoms with Crippen LogP contribution in [0.1, 0.15) is 49.8 Å². The Kier molecular flexibility index (Phi) is 6.00. The number of likely N-dealkylation sites (tertiary alicyclic amines) is 1. The molecule has 1 amide bonds. The molecule has 6 nitrogen and oxygen atoms in total. The van der Waals surface area contributed by atoms with E-state index in [0.717, 1.165) is 36.1 Å². The van der Waals surface area contributed by atoms with E-state index in [1.165, 1.54) is 0 Å². The zero-order valence-electron chi connectivity index (χ0n) is 21.5. The maximum Gasteiger partial charge on any atom is 0.227 e. The van der Waals surface area contributed by atoms with Crippen molar-refractivity contribution in [3.63, 3.8) is 0 Å². The van der Waals surface area contributed by atoms with Crippen LogP contribution < -0.4 is 4.74 Å². The van der Waals surface area contributed by atoms with Crippen LogP contribution in [0, 0.1) is 5.92 Å². The van der Waals surface area contributed by atoms with Gasteiger partial charge in [0.25, 0.3) is 0 Å². The first kappa shape index (κ1) is 25.3. The van der Waals surface area contributed by atoms with E-state index in [-0.39, 0.29) is 36.1 Å². The van der Waals surface area contributed by atoms with Crippen LogP contribution in [0.2, 0.25) is 10.0 Å². The van der Waals surface area contributed by atoms with Crippen molar-refractivity contribution in [2.75, 3.05) is 20.1 Å². The van der Waals surface area contributed by atoms with Crippen LogP contribution in [-0.2, 0) is 23.1 Å². The fourth-order valence-corrected chi connectivity index (χ4v) is 8.11. The van der Waals surface area contributed by atoms with Gasteiger partial charge in [0.05, 0.1) is 33.5 Å². The van der Waals surface area contributed by atoms with Gasteiger partial charge < -0.3 is 24.7 Å². The van der Waals surface area contributed by atoms with E-state index in [9.17, 15) is 15.0 Å². The van der Waals surface area contributed by atoms with E-state index in [1.54, 1.807) is 18.2 Å². The number of phenols is 1. The van der Waals surface area contributed by atoms with Gasteiger partial charge in [0, 0.05) is 18.2 Å². The third-order valence-electron chi connectivity index (χ3n) is 9.32. The SMILES string of the molecule is CC(C)CN(C(=O)Cc1ccc(Cl)c(Cl)c1)C1CC[C@@]2(O)[C@H]3Cc4ccc(O)c5c4[C@@]2(CCN3C)C1O5. The highest BCUT2D eigenvalue weighted by Gasteiger charge is 2.73. The first-order valence-corrected chi connectivity index (χ1v) is 14.0. The van der Waals surface area contributed by atoms with Crippen molar-refractivity contribution in [2.24, 2.45) is 5.92 Å². The van der Waals surface area contributed by atoms with Crippen LogP contribution in [0.25, 0.3) is 0 Å². The highest BCUT2D eigenvalue weighted by atomic mass is 35.5. The van der Waals surface area contributed by atoms with Gasteiger partial charge in [-0.2, -0.15) is 0 Å². The lowest BCUT2D eigenvalue weighted by molar-refractivity contribution is -0.198. The summed E-state index contributed by atoms with van der Waals surface area (Å²) in [5, 5.41) is 24.2. The van der Waals surface area contributed by atoms with Gasteiger partial charge in [-0.3, -0.25) is 4.79 Å². The van der Waals surface area contributed by atoms with E-state index in [0.29, 0.717) is 35.2 Å². The summed E-state index contributed by atoms with van der Waals surface area (Å²) >= 11 is 12.3. The molecule has 2 bridgehead atoms. The highest BCUT2D eigenvalue weighted by Crippen LogP contribution is 2.65. The van der Waals surface area contributed by atoms with Crippen molar-refractivity contribution in [3.05, 3.63) is 57.1 Å². The lowest BCUT2D eigenvalue weighted by Gasteiger charge is -2.64. The summed E-state index contributed by atoms with van der Waals surface area (Å²) in [6.07, 6.45) is 2.44. The number of phenolic OH excluding ortho intramolecular Hbond substituents is 1. The molecular weight excluding hydrogens is 511 g/mol. The Morgan fingerprint density at radius 2 is 2.00 bits per heavy atom. The van der Waals surface area contributed by atoms with Gasteiger partial charge in [0.1, 0.15) is 6.10 Å². The number of hydrogen-bond acceptors (Lipinski definition) is 5. The number of nitrogens with zero attached hydrogens (tertiary/aromatic N) is 2. The number of aromatic hydroxyl groups is 1. The Morgan fingerprint density at radius 1 is 1.22 bits per heavy atom. The Balaban J connectivity index is 1.42. The minimum absolute atomic E-state index is 0.00298. The van der Waals surface area contributed by atoms with Crippen molar-refractivity contribution < 1.29 is 19.7 Å². The second-order valence-corrected chi connectivity index (χ2v) is 12.6. The standard InChI is InChI=1S/C29H34Cl2N2O4/c1-16(2)15-33(24(35)13-17-4-6-19(30)20(31)12-17)21-8-9-29(36)23-14-18-5-7-22(34)26-25(18)28(29,27(21)37-26)10-11-32(23)3/h4-7,12,16,21,23,27,34,36H,8-11,13-15H2,1-3H3/t21?,23-,27?,28+,29-/m1/s1. The monoisotopic (exact) mass is 544 g/mol.